The molecule has 1 aromatic carbocycles. The maximum absolute atomic E-state index is 12.5. The summed E-state index contributed by atoms with van der Waals surface area (Å²) in [5.41, 5.74) is -0.266. The van der Waals surface area contributed by atoms with Crippen LogP contribution in [-0.2, 0) is 6.18 Å². The highest BCUT2D eigenvalue weighted by molar-refractivity contribution is 9.09. The van der Waals surface area contributed by atoms with Gasteiger partial charge in [-0.2, -0.15) is 13.2 Å². The summed E-state index contributed by atoms with van der Waals surface area (Å²) in [5, 5.41) is 9.61. The van der Waals surface area contributed by atoms with Crippen molar-refractivity contribution in [2.45, 2.75) is 19.2 Å². The van der Waals surface area contributed by atoms with Crippen LogP contribution in [0.2, 0.25) is 0 Å². The fraction of sp³-hybridized carbons (Fsp3) is 0.400. The molecular weight excluding hydrogens is 273 g/mol. The molecule has 0 aromatic heterocycles. The second kappa shape index (κ2) is 4.53. The Morgan fingerprint density at radius 3 is 2.47 bits per heavy atom. The number of aliphatic hydroxyl groups is 1. The zero-order valence-corrected chi connectivity index (χ0v) is 9.56. The number of halogens is 4. The van der Waals surface area contributed by atoms with Gasteiger partial charge in [-0.15, -0.1) is 0 Å². The van der Waals surface area contributed by atoms with Gasteiger partial charge in [-0.25, -0.2) is 0 Å². The van der Waals surface area contributed by atoms with Crippen molar-refractivity contribution < 1.29 is 18.3 Å². The van der Waals surface area contributed by atoms with Crippen molar-refractivity contribution in [2.24, 2.45) is 0 Å². The van der Waals surface area contributed by atoms with Crippen molar-refractivity contribution in [3.63, 3.8) is 0 Å². The van der Waals surface area contributed by atoms with Gasteiger partial charge in [0.2, 0.25) is 0 Å². The fourth-order valence-electron chi connectivity index (χ4n) is 1.24. The first kappa shape index (κ1) is 12.5. The predicted octanol–water partition coefficient (Wildman–Crippen LogP) is 3.44. The number of hydrogen-bond donors (Lipinski definition) is 1. The van der Waals surface area contributed by atoms with Crippen LogP contribution in [0.3, 0.4) is 0 Å². The molecule has 0 radical (unpaired) electrons. The molecule has 0 amide bonds. The number of aryl methyl sites for hydroxylation is 1. The van der Waals surface area contributed by atoms with Crippen molar-refractivity contribution in [1.82, 2.24) is 0 Å². The minimum atomic E-state index is -4.37. The van der Waals surface area contributed by atoms with Crippen molar-refractivity contribution in [2.75, 3.05) is 5.33 Å². The van der Waals surface area contributed by atoms with Crippen molar-refractivity contribution in [3.8, 4) is 0 Å². The van der Waals surface area contributed by atoms with Crippen LogP contribution in [0.15, 0.2) is 18.2 Å². The second-order valence-corrected chi connectivity index (χ2v) is 3.89. The van der Waals surface area contributed by atoms with E-state index in [0.29, 0.717) is 0 Å². The van der Waals surface area contributed by atoms with E-state index in [0.717, 1.165) is 6.07 Å². The number of rotatable bonds is 2. The van der Waals surface area contributed by atoms with Gasteiger partial charge in [0, 0.05) is 5.33 Å². The highest BCUT2D eigenvalue weighted by Crippen LogP contribution is 2.33. The molecule has 15 heavy (non-hydrogen) atoms. The largest absolute Gasteiger partial charge is 0.416 e. The normalized spacial score (nSPS) is 14.0. The highest BCUT2D eigenvalue weighted by Gasteiger charge is 2.32. The lowest BCUT2D eigenvalue weighted by molar-refractivity contribution is -0.138. The lowest BCUT2D eigenvalue weighted by Crippen LogP contribution is -2.09. The van der Waals surface area contributed by atoms with E-state index in [1.807, 2.05) is 0 Å². The SMILES string of the molecule is Cc1ccc(C(O)CBr)cc1C(F)(F)F. The Balaban J connectivity index is 3.17. The van der Waals surface area contributed by atoms with Crippen molar-refractivity contribution in [3.05, 3.63) is 34.9 Å². The monoisotopic (exact) mass is 282 g/mol. The Labute approximate surface area is 94.0 Å². The molecule has 0 heterocycles. The molecule has 0 aliphatic rings. The van der Waals surface area contributed by atoms with E-state index < -0.39 is 17.8 Å². The second-order valence-electron chi connectivity index (χ2n) is 3.24. The molecule has 1 atom stereocenters. The van der Waals surface area contributed by atoms with Gasteiger partial charge in [0.15, 0.2) is 0 Å². The van der Waals surface area contributed by atoms with Gasteiger partial charge in [-0.05, 0) is 24.1 Å². The molecule has 0 aliphatic heterocycles. The van der Waals surface area contributed by atoms with Gasteiger partial charge in [0.1, 0.15) is 0 Å². The number of aliphatic hydroxyl groups excluding tert-OH is 1. The van der Waals surface area contributed by atoms with Gasteiger partial charge in [-0.1, -0.05) is 28.1 Å². The molecule has 0 fully saturated rings. The summed E-state index contributed by atoms with van der Waals surface area (Å²) >= 11 is 3.01. The summed E-state index contributed by atoms with van der Waals surface area (Å²) in [4.78, 5) is 0. The van der Waals surface area contributed by atoms with Crippen LogP contribution in [-0.4, -0.2) is 10.4 Å². The molecule has 1 nitrogen and oxygen atoms in total. The Kier molecular flexibility index (Phi) is 3.78. The molecule has 5 heteroatoms. The van der Waals surface area contributed by atoms with E-state index in [4.69, 9.17) is 0 Å². The minimum Gasteiger partial charge on any atom is -0.388 e. The van der Waals surface area contributed by atoms with E-state index in [9.17, 15) is 18.3 Å². The number of hydrogen-bond acceptors (Lipinski definition) is 1. The third-order valence-corrected chi connectivity index (χ3v) is 2.71. The molecule has 0 saturated carbocycles. The third-order valence-electron chi connectivity index (χ3n) is 2.10. The average Bonchev–Trinajstić information content (AvgIpc) is 2.15. The molecule has 1 unspecified atom stereocenters. The van der Waals surface area contributed by atoms with Crippen LogP contribution in [0.1, 0.15) is 22.8 Å². The smallest absolute Gasteiger partial charge is 0.388 e. The summed E-state index contributed by atoms with van der Waals surface area (Å²) < 4.78 is 37.5. The molecule has 0 saturated heterocycles. The maximum Gasteiger partial charge on any atom is 0.416 e. The van der Waals surface area contributed by atoms with Crippen LogP contribution in [0, 0.1) is 6.92 Å². The summed E-state index contributed by atoms with van der Waals surface area (Å²) in [6.07, 6.45) is -5.28. The molecule has 1 N–H and O–H groups in total. The predicted molar refractivity (Wildman–Crippen MR) is 54.9 cm³/mol. The maximum atomic E-state index is 12.5. The van der Waals surface area contributed by atoms with E-state index in [1.165, 1.54) is 19.1 Å². The summed E-state index contributed by atoms with van der Waals surface area (Å²) in [5.74, 6) is 0. The number of benzene rings is 1. The van der Waals surface area contributed by atoms with Crippen LogP contribution in [0.25, 0.3) is 0 Å². The number of alkyl halides is 4. The van der Waals surface area contributed by atoms with Gasteiger partial charge >= 0.3 is 6.18 Å². The first-order valence-electron chi connectivity index (χ1n) is 4.28. The highest BCUT2D eigenvalue weighted by atomic mass is 79.9. The van der Waals surface area contributed by atoms with E-state index in [2.05, 4.69) is 15.9 Å². The van der Waals surface area contributed by atoms with E-state index >= 15 is 0 Å². The molecule has 0 bridgehead atoms. The van der Waals surface area contributed by atoms with E-state index in [1.54, 1.807) is 0 Å². The molecule has 0 aliphatic carbocycles. The molecule has 1 rings (SSSR count). The summed E-state index contributed by atoms with van der Waals surface area (Å²) in [6.45, 7) is 1.40. The van der Waals surface area contributed by atoms with Crippen LogP contribution >= 0.6 is 15.9 Å². The lowest BCUT2D eigenvalue weighted by Gasteiger charge is -2.14. The Hall–Kier alpha value is -0.550. The van der Waals surface area contributed by atoms with Crippen molar-refractivity contribution in [1.29, 1.82) is 0 Å². The zero-order valence-electron chi connectivity index (χ0n) is 7.98. The van der Waals surface area contributed by atoms with Gasteiger partial charge in [0.05, 0.1) is 11.7 Å². The first-order valence-corrected chi connectivity index (χ1v) is 5.40. The van der Waals surface area contributed by atoms with Crippen LogP contribution < -0.4 is 0 Å². The molecule has 84 valence electrons. The Bertz CT molecular complexity index is 349. The van der Waals surface area contributed by atoms with Crippen LogP contribution in [0.4, 0.5) is 13.2 Å². The van der Waals surface area contributed by atoms with Gasteiger partial charge in [-0.3, -0.25) is 0 Å². The molecule has 0 spiro atoms. The van der Waals surface area contributed by atoms with Crippen molar-refractivity contribution >= 4 is 15.9 Å². The quantitative estimate of drug-likeness (QED) is 0.824. The lowest BCUT2D eigenvalue weighted by atomic mass is 10.0. The van der Waals surface area contributed by atoms with Gasteiger partial charge in [0.25, 0.3) is 0 Å². The third kappa shape index (κ3) is 2.95. The average molecular weight is 283 g/mol. The minimum absolute atomic E-state index is 0.160. The summed E-state index contributed by atoms with van der Waals surface area (Å²) in [7, 11) is 0. The van der Waals surface area contributed by atoms with Crippen LogP contribution in [0.5, 0.6) is 0 Å². The standard InChI is InChI=1S/C10H10BrF3O/c1-6-2-3-7(9(15)5-11)4-8(6)10(12,13)14/h2-4,9,15H,5H2,1H3. The summed E-state index contributed by atoms with van der Waals surface area (Å²) in [6, 6.07) is 3.85. The Morgan fingerprint density at radius 1 is 1.40 bits per heavy atom. The zero-order chi connectivity index (χ0) is 11.6. The molecule has 1 aromatic rings. The topological polar surface area (TPSA) is 20.2 Å². The molecular formula is C10H10BrF3O. The Morgan fingerprint density at radius 2 is 2.00 bits per heavy atom. The first-order chi connectivity index (χ1) is 6.86. The van der Waals surface area contributed by atoms with Gasteiger partial charge < -0.3 is 5.11 Å². The fourth-order valence-corrected chi connectivity index (χ4v) is 1.62. The van der Waals surface area contributed by atoms with E-state index in [-0.39, 0.29) is 16.5 Å².